The second kappa shape index (κ2) is 3.45. The second-order valence-electron chi connectivity index (χ2n) is 3.54. The number of pyridine rings is 1. The van der Waals surface area contributed by atoms with E-state index in [1.54, 1.807) is 12.1 Å². The maximum atomic E-state index is 12.1. The lowest BCUT2D eigenvalue weighted by atomic mass is 9.97. The molecule has 4 nitrogen and oxygen atoms in total. The van der Waals surface area contributed by atoms with E-state index >= 15 is 0 Å². The summed E-state index contributed by atoms with van der Waals surface area (Å²) in [5, 5.41) is 3.00. The highest BCUT2D eigenvalue weighted by Crippen LogP contribution is 2.32. The maximum Gasteiger partial charge on any atom is 0.220 e. The molecule has 0 saturated carbocycles. The molecular formula is C11H8N2O2S. The molecule has 5 heteroatoms. The fraction of sp³-hybridized carbons (Fsp3) is 0.182. The van der Waals surface area contributed by atoms with Gasteiger partial charge in [0, 0.05) is 18.5 Å². The van der Waals surface area contributed by atoms with Crippen LogP contribution in [0.15, 0.2) is 28.9 Å². The van der Waals surface area contributed by atoms with Crippen LogP contribution in [0.1, 0.15) is 20.8 Å². The summed E-state index contributed by atoms with van der Waals surface area (Å²) in [4.78, 5) is 28.6. The van der Waals surface area contributed by atoms with E-state index in [2.05, 4.69) is 10.3 Å². The molecule has 0 amide bonds. The maximum absolute atomic E-state index is 12.1. The van der Waals surface area contributed by atoms with Crippen LogP contribution in [0.5, 0.6) is 0 Å². The Morgan fingerprint density at radius 1 is 1.31 bits per heavy atom. The SMILES string of the molecule is O=C1C2=C(SCCN2)C(=O)c2ncccc21. The standard InChI is InChI=1S/C11H8N2O2S/c14-9-6-2-1-3-12-7(6)10(15)11-8(9)13-4-5-16-11/h1-3,13H,4-5H2. The van der Waals surface area contributed by atoms with E-state index in [0.29, 0.717) is 16.2 Å². The number of thioether (sulfide) groups is 1. The number of fused-ring (bicyclic) bond motifs is 1. The molecule has 1 aliphatic carbocycles. The molecule has 1 aliphatic heterocycles. The molecule has 3 rings (SSSR count). The van der Waals surface area contributed by atoms with Crippen LogP contribution >= 0.6 is 11.8 Å². The number of hydrogen-bond acceptors (Lipinski definition) is 5. The average molecular weight is 232 g/mol. The van der Waals surface area contributed by atoms with Gasteiger partial charge in [-0.15, -0.1) is 11.8 Å². The monoisotopic (exact) mass is 232 g/mol. The first-order valence-corrected chi connectivity index (χ1v) is 5.93. The minimum Gasteiger partial charge on any atom is -0.380 e. The van der Waals surface area contributed by atoms with Crippen molar-refractivity contribution in [1.82, 2.24) is 10.3 Å². The lowest BCUT2D eigenvalue weighted by molar-refractivity contribution is 0.0971. The van der Waals surface area contributed by atoms with Crippen LogP contribution in [0.25, 0.3) is 0 Å². The number of carbonyl (C=O) groups excluding carboxylic acids is 2. The Labute approximate surface area is 96.1 Å². The van der Waals surface area contributed by atoms with Crippen molar-refractivity contribution < 1.29 is 9.59 Å². The van der Waals surface area contributed by atoms with Gasteiger partial charge in [-0.25, -0.2) is 0 Å². The van der Waals surface area contributed by atoms with E-state index in [4.69, 9.17) is 0 Å². The molecule has 2 aliphatic rings. The molecule has 0 fully saturated rings. The summed E-state index contributed by atoms with van der Waals surface area (Å²) in [5.41, 5.74) is 1.13. The average Bonchev–Trinajstić information content (AvgIpc) is 2.36. The van der Waals surface area contributed by atoms with Gasteiger partial charge in [0.1, 0.15) is 11.4 Å². The summed E-state index contributed by atoms with van der Waals surface area (Å²) >= 11 is 1.43. The molecule has 0 saturated heterocycles. The van der Waals surface area contributed by atoms with Crippen molar-refractivity contribution in [3.63, 3.8) is 0 Å². The van der Waals surface area contributed by atoms with Crippen LogP contribution in [0.2, 0.25) is 0 Å². The van der Waals surface area contributed by atoms with Gasteiger partial charge in [0.05, 0.1) is 10.5 Å². The molecule has 1 aromatic rings. The largest absolute Gasteiger partial charge is 0.380 e. The van der Waals surface area contributed by atoms with Crippen LogP contribution in [-0.2, 0) is 0 Å². The third-order valence-electron chi connectivity index (χ3n) is 2.58. The molecule has 1 aromatic heterocycles. The van der Waals surface area contributed by atoms with E-state index < -0.39 is 0 Å². The Hall–Kier alpha value is -1.62. The summed E-state index contributed by atoms with van der Waals surface area (Å²) in [6, 6.07) is 3.32. The third kappa shape index (κ3) is 1.21. The van der Waals surface area contributed by atoms with Gasteiger partial charge in [-0.2, -0.15) is 0 Å². The van der Waals surface area contributed by atoms with Crippen LogP contribution < -0.4 is 5.32 Å². The van der Waals surface area contributed by atoms with E-state index in [1.165, 1.54) is 18.0 Å². The molecule has 0 atom stereocenters. The molecule has 80 valence electrons. The van der Waals surface area contributed by atoms with Gasteiger partial charge in [-0.3, -0.25) is 14.6 Å². The Balaban J connectivity index is 2.22. The van der Waals surface area contributed by atoms with Crippen molar-refractivity contribution >= 4 is 23.3 Å². The van der Waals surface area contributed by atoms with Crippen molar-refractivity contribution in [3.8, 4) is 0 Å². The molecule has 1 N–H and O–H groups in total. The van der Waals surface area contributed by atoms with Gasteiger partial charge in [-0.05, 0) is 12.1 Å². The van der Waals surface area contributed by atoms with E-state index in [-0.39, 0.29) is 17.3 Å². The van der Waals surface area contributed by atoms with Crippen LogP contribution in [0.4, 0.5) is 0 Å². The summed E-state index contributed by atoms with van der Waals surface area (Å²) in [6.45, 7) is 0.720. The van der Waals surface area contributed by atoms with Gasteiger partial charge in [0.25, 0.3) is 0 Å². The number of carbonyl (C=O) groups is 2. The van der Waals surface area contributed by atoms with E-state index in [9.17, 15) is 9.59 Å². The van der Waals surface area contributed by atoms with Crippen molar-refractivity contribution in [3.05, 3.63) is 40.2 Å². The molecular weight excluding hydrogens is 224 g/mol. The molecule has 0 aromatic carbocycles. The second-order valence-corrected chi connectivity index (χ2v) is 4.64. The van der Waals surface area contributed by atoms with Crippen LogP contribution in [0, 0.1) is 0 Å². The van der Waals surface area contributed by atoms with Gasteiger partial charge < -0.3 is 5.32 Å². The van der Waals surface area contributed by atoms with E-state index in [0.717, 1.165) is 12.3 Å². The minimum absolute atomic E-state index is 0.120. The Morgan fingerprint density at radius 3 is 3.06 bits per heavy atom. The predicted molar refractivity (Wildman–Crippen MR) is 60.4 cm³/mol. The zero-order valence-electron chi connectivity index (χ0n) is 8.32. The molecule has 0 bridgehead atoms. The number of Topliss-reactive ketones (excluding diaryl/α,β-unsaturated/α-hetero) is 2. The van der Waals surface area contributed by atoms with Crippen molar-refractivity contribution in [2.75, 3.05) is 12.3 Å². The summed E-state index contributed by atoms with van der Waals surface area (Å²) in [5.74, 6) is 0.548. The first kappa shape index (κ1) is 9.59. The van der Waals surface area contributed by atoms with Crippen molar-refractivity contribution in [2.24, 2.45) is 0 Å². The van der Waals surface area contributed by atoms with E-state index in [1.807, 2.05) is 0 Å². The summed E-state index contributed by atoms with van der Waals surface area (Å²) in [7, 11) is 0. The number of aromatic nitrogens is 1. The molecule has 0 spiro atoms. The molecule has 16 heavy (non-hydrogen) atoms. The Kier molecular flexibility index (Phi) is 2.07. The van der Waals surface area contributed by atoms with Crippen LogP contribution in [-0.4, -0.2) is 28.8 Å². The Bertz CT molecular complexity index is 490. The fourth-order valence-electron chi connectivity index (χ4n) is 1.86. The lowest BCUT2D eigenvalue weighted by Gasteiger charge is -2.24. The van der Waals surface area contributed by atoms with Crippen LogP contribution in [0.3, 0.4) is 0 Å². The molecule has 0 radical (unpaired) electrons. The van der Waals surface area contributed by atoms with Gasteiger partial charge in [-0.1, -0.05) is 0 Å². The zero-order valence-corrected chi connectivity index (χ0v) is 9.13. The summed E-state index contributed by atoms with van der Waals surface area (Å²) < 4.78 is 0. The Morgan fingerprint density at radius 2 is 2.19 bits per heavy atom. The molecule has 0 unspecified atom stereocenters. The van der Waals surface area contributed by atoms with Gasteiger partial charge in [0.2, 0.25) is 11.6 Å². The number of nitrogens with one attached hydrogen (secondary N) is 1. The highest BCUT2D eigenvalue weighted by molar-refractivity contribution is 8.04. The molecule has 2 heterocycles. The predicted octanol–water partition coefficient (Wildman–Crippen LogP) is 1.01. The number of ketones is 2. The first-order chi connectivity index (χ1) is 7.79. The van der Waals surface area contributed by atoms with Gasteiger partial charge >= 0.3 is 0 Å². The topological polar surface area (TPSA) is 59.1 Å². The van der Waals surface area contributed by atoms with Gasteiger partial charge in [0.15, 0.2) is 0 Å². The number of allylic oxidation sites excluding steroid dienone is 2. The zero-order chi connectivity index (χ0) is 11.1. The fourth-order valence-corrected chi connectivity index (χ4v) is 2.80. The van der Waals surface area contributed by atoms with Crippen molar-refractivity contribution in [1.29, 1.82) is 0 Å². The minimum atomic E-state index is -0.137. The normalized spacial score (nSPS) is 19.0. The number of rotatable bonds is 0. The smallest absolute Gasteiger partial charge is 0.220 e. The summed E-state index contributed by atoms with van der Waals surface area (Å²) in [6.07, 6.45) is 1.54. The number of hydrogen-bond donors (Lipinski definition) is 1. The quantitative estimate of drug-likeness (QED) is 0.723. The highest BCUT2D eigenvalue weighted by Gasteiger charge is 2.34. The van der Waals surface area contributed by atoms with Crippen molar-refractivity contribution in [2.45, 2.75) is 0 Å². The highest BCUT2D eigenvalue weighted by atomic mass is 32.2. The number of nitrogens with zero attached hydrogens (tertiary/aromatic N) is 1. The lowest BCUT2D eigenvalue weighted by Crippen LogP contribution is -2.34. The first-order valence-electron chi connectivity index (χ1n) is 4.94. The third-order valence-corrected chi connectivity index (χ3v) is 3.66.